The first-order chi connectivity index (χ1) is 10.4. The van der Waals surface area contributed by atoms with Crippen LogP contribution in [0.5, 0.6) is 0 Å². The molecule has 0 bridgehead atoms. The molecule has 0 atom stereocenters. The molecule has 1 heterocycles. The lowest BCUT2D eigenvalue weighted by molar-refractivity contribution is -0.145. The molecular formula is C17H23N3O2. The lowest BCUT2D eigenvalue weighted by Gasteiger charge is -2.18. The van der Waals surface area contributed by atoms with Crippen molar-refractivity contribution in [1.29, 1.82) is 0 Å². The second-order valence-corrected chi connectivity index (χ2v) is 6.57. The Hall–Kier alpha value is -2.17. The highest BCUT2D eigenvalue weighted by atomic mass is 16.2. The summed E-state index contributed by atoms with van der Waals surface area (Å²) in [5.74, 6) is -1.18. The van der Waals surface area contributed by atoms with Gasteiger partial charge in [-0.1, -0.05) is 45.0 Å². The third-order valence-electron chi connectivity index (χ3n) is 3.74. The molecule has 0 aromatic heterocycles. The van der Waals surface area contributed by atoms with Gasteiger partial charge in [0.15, 0.2) is 0 Å². The van der Waals surface area contributed by atoms with Crippen molar-refractivity contribution in [2.24, 2.45) is 5.10 Å². The van der Waals surface area contributed by atoms with Gasteiger partial charge in [-0.05, 0) is 29.4 Å². The summed E-state index contributed by atoms with van der Waals surface area (Å²) < 4.78 is 0. The Kier molecular flexibility index (Phi) is 4.96. The Morgan fingerprint density at radius 3 is 2.27 bits per heavy atom. The number of likely N-dealkylation sites (tertiary alicyclic amines) is 1. The number of hydrogen-bond donors (Lipinski definition) is 1. The second kappa shape index (κ2) is 6.73. The molecular weight excluding hydrogens is 278 g/mol. The van der Waals surface area contributed by atoms with Gasteiger partial charge in [-0.3, -0.25) is 9.59 Å². The van der Waals surface area contributed by atoms with Crippen LogP contribution in [0.3, 0.4) is 0 Å². The number of hydrogen-bond acceptors (Lipinski definition) is 3. The van der Waals surface area contributed by atoms with Gasteiger partial charge in [0.05, 0.1) is 6.21 Å². The van der Waals surface area contributed by atoms with Gasteiger partial charge in [0, 0.05) is 13.1 Å². The van der Waals surface area contributed by atoms with Gasteiger partial charge in [-0.15, -0.1) is 0 Å². The van der Waals surface area contributed by atoms with E-state index < -0.39 is 11.8 Å². The van der Waals surface area contributed by atoms with Crippen LogP contribution in [0.15, 0.2) is 29.4 Å². The molecule has 1 saturated heterocycles. The van der Waals surface area contributed by atoms with E-state index in [1.807, 2.05) is 24.3 Å². The summed E-state index contributed by atoms with van der Waals surface area (Å²) in [6.07, 6.45) is 3.46. The molecule has 2 amide bonds. The van der Waals surface area contributed by atoms with E-state index in [0.29, 0.717) is 13.1 Å². The van der Waals surface area contributed by atoms with Gasteiger partial charge >= 0.3 is 11.8 Å². The van der Waals surface area contributed by atoms with Crippen molar-refractivity contribution in [1.82, 2.24) is 10.3 Å². The molecule has 0 saturated carbocycles. The third kappa shape index (κ3) is 4.16. The lowest BCUT2D eigenvalue weighted by atomic mass is 9.87. The average molecular weight is 301 g/mol. The van der Waals surface area contributed by atoms with E-state index in [0.717, 1.165) is 18.4 Å². The molecule has 0 aliphatic carbocycles. The molecule has 1 aromatic rings. The van der Waals surface area contributed by atoms with Gasteiger partial charge in [0.1, 0.15) is 0 Å². The molecule has 1 N–H and O–H groups in total. The number of carbonyl (C=O) groups excluding carboxylic acids is 2. The molecule has 22 heavy (non-hydrogen) atoms. The van der Waals surface area contributed by atoms with Crippen molar-refractivity contribution in [3.05, 3.63) is 35.4 Å². The maximum Gasteiger partial charge on any atom is 0.329 e. The van der Waals surface area contributed by atoms with Gasteiger partial charge in [-0.25, -0.2) is 5.43 Å². The number of hydrazone groups is 1. The number of amides is 2. The van der Waals surface area contributed by atoms with Crippen molar-refractivity contribution < 1.29 is 9.59 Å². The second-order valence-electron chi connectivity index (χ2n) is 6.57. The third-order valence-corrected chi connectivity index (χ3v) is 3.74. The topological polar surface area (TPSA) is 61.8 Å². The summed E-state index contributed by atoms with van der Waals surface area (Å²) in [6.45, 7) is 7.77. The minimum atomic E-state index is -0.676. The van der Waals surface area contributed by atoms with E-state index in [2.05, 4.69) is 31.3 Å². The summed E-state index contributed by atoms with van der Waals surface area (Å²) in [5, 5.41) is 3.85. The quantitative estimate of drug-likeness (QED) is 0.516. The first kappa shape index (κ1) is 16.2. The van der Waals surface area contributed by atoms with Crippen LogP contribution >= 0.6 is 0 Å². The van der Waals surface area contributed by atoms with E-state index in [1.54, 1.807) is 11.1 Å². The fourth-order valence-electron chi connectivity index (χ4n) is 2.35. The highest BCUT2D eigenvalue weighted by molar-refractivity contribution is 6.35. The van der Waals surface area contributed by atoms with Crippen LogP contribution in [-0.4, -0.2) is 36.0 Å². The van der Waals surface area contributed by atoms with Crippen LogP contribution in [0, 0.1) is 0 Å². The molecule has 1 aliphatic rings. The minimum Gasteiger partial charge on any atom is -0.334 e. The zero-order chi connectivity index (χ0) is 16.2. The number of carbonyl (C=O) groups is 2. The smallest absolute Gasteiger partial charge is 0.329 e. The zero-order valence-electron chi connectivity index (χ0n) is 13.4. The maximum atomic E-state index is 11.8. The first-order valence-electron chi connectivity index (χ1n) is 7.61. The zero-order valence-corrected chi connectivity index (χ0v) is 13.4. The van der Waals surface area contributed by atoms with Crippen molar-refractivity contribution in [2.75, 3.05) is 13.1 Å². The molecule has 0 spiro atoms. The Labute approximate surface area is 131 Å². The molecule has 2 rings (SSSR count). The molecule has 5 heteroatoms. The highest BCUT2D eigenvalue weighted by Crippen LogP contribution is 2.21. The van der Waals surface area contributed by atoms with E-state index in [4.69, 9.17) is 0 Å². The largest absolute Gasteiger partial charge is 0.334 e. The van der Waals surface area contributed by atoms with Gasteiger partial charge in [-0.2, -0.15) is 5.10 Å². The fraction of sp³-hybridized carbons (Fsp3) is 0.471. The summed E-state index contributed by atoms with van der Waals surface area (Å²) in [4.78, 5) is 25.0. The lowest BCUT2D eigenvalue weighted by Crippen LogP contribution is -2.39. The predicted molar refractivity (Wildman–Crippen MR) is 86.7 cm³/mol. The Morgan fingerprint density at radius 2 is 1.73 bits per heavy atom. The van der Waals surface area contributed by atoms with Crippen molar-refractivity contribution in [3.63, 3.8) is 0 Å². The monoisotopic (exact) mass is 301 g/mol. The van der Waals surface area contributed by atoms with Crippen LogP contribution in [0.2, 0.25) is 0 Å². The van der Waals surface area contributed by atoms with E-state index in [-0.39, 0.29) is 5.41 Å². The molecule has 1 aromatic carbocycles. The van der Waals surface area contributed by atoms with Crippen LogP contribution in [0.4, 0.5) is 0 Å². The first-order valence-corrected chi connectivity index (χ1v) is 7.61. The van der Waals surface area contributed by atoms with Crippen LogP contribution in [0.25, 0.3) is 0 Å². The number of nitrogens with zero attached hydrogens (tertiary/aromatic N) is 2. The molecule has 0 radical (unpaired) electrons. The number of benzene rings is 1. The van der Waals surface area contributed by atoms with E-state index in [1.165, 1.54) is 5.56 Å². The summed E-state index contributed by atoms with van der Waals surface area (Å²) in [5.41, 5.74) is 4.51. The molecule has 118 valence electrons. The normalized spacial score (nSPS) is 15.3. The van der Waals surface area contributed by atoms with Crippen molar-refractivity contribution in [2.45, 2.75) is 39.0 Å². The predicted octanol–water partition coefficient (Wildman–Crippen LogP) is 2.06. The Balaban J connectivity index is 1.89. The van der Waals surface area contributed by atoms with Gasteiger partial charge < -0.3 is 4.90 Å². The SMILES string of the molecule is CC(C)(C)c1ccc(/C=N/NC(=O)C(=O)N2CCCC2)cc1. The average Bonchev–Trinajstić information content (AvgIpc) is 3.00. The molecule has 0 unspecified atom stereocenters. The molecule has 5 nitrogen and oxygen atoms in total. The van der Waals surface area contributed by atoms with Gasteiger partial charge in [0.25, 0.3) is 0 Å². The Morgan fingerprint density at radius 1 is 1.14 bits per heavy atom. The van der Waals surface area contributed by atoms with Crippen LogP contribution in [0.1, 0.15) is 44.7 Å². The maximum absolute atomic E-state index is 11.8. The van der Waals surface area contributed by atoms with Crippen LogP contribution in [-0.2, 0) is 15.0 Å². The van der Waals surface area contributed by atoms with E-state index in [9.17, 15) is 9.59 Å². The summed E-state index contributed by atoms with van der Waals surface area (Å²) >= 11 is 0. The standard InChI is InChI=1S/C17H23N3O2/c1-17(2,3)14-8-6-13(7-9-14)12-18-19-15(21)16(22)20-10-4-5-11-20/h6-9,12H,4-5,10-11H2,1-3H3,(H,19,21)/b18-12+. The van der Waals surface area contributed by atoms with Gasteiger partial charge in [0.2, 0.25) is 0 Å². The van der Waals surface area contributed by atoms with Crippen molar-refractivity contribution in [3.8, 4) is 0 Å². The minimum absolute atomic E-state index is 0.103. The fourth-order valence-corrected chi connectivity index (χ4v) is 2.35. The Bertz CT molecular complexity index is 565. The van der Waals surface area contributed by atoms with Crippen LogP contribution < -0.4 is 5.43 Å². The van der Waals surface area contributed by atoms with Crippen molar-refractivity contribution >= 4 is 18.0 Å². The summed E-state index contributed by atoms with van der Waals surface area (Å²) in [7, 11) is 0. The molecule has 1 aliphatic heterocycles. The highest BCUT2D eigenvalue weighted by Gasteiger charge is 2.23. The molecule has 1 fully saturated rings. The van der Waals surface area contributed by atoms with E-state index >= 15 is 0 Å². The summed E-state index contributed by atoms with van der Waals surface area (Å²) in [6, 6.07) is 7.97. The number of nitrogens with one attached hydrogen (secondary N) is 1. The number of rotatable bonds is 2.